The van der Waals surface area contributed by atoms with Gasteiger partial charge in [-0.25, -0.2) is 8.42 Å². The molecule has 0 aliphatic carbocycles. The largest absolute Gasteiger partial charge is 0.377 e. The molecule has 19 N–H and O–H groups in total. The second-order valence-electron chi connectivity index (χ2n) is 30.3. The number of carbonyl (C=O) groups excluding carboxylic acids is 12. The molecule has 10 amide bonds. The van der Waals surface area contributed by atoms with Crippen LogP contribution in [0.1, 0.15) is 216 Å². The summed E-state index contributed by atoms with van der Waals surface area (Å²) in [5.74, 6) is -8.88. The molecule has 0 saturated carbocycles. The van der Waals surface area contributed by atoms with E-state index in [0.29, 0.717) is 61.8 Å². The topological polar surface area (TPSA) is 565 Å². The van der Waals surface area contributed by atoms with Crippen LogP contribution in [0.2, 0.25) is 0 Å². The number of Topliss-reactive ketones (excluding diaryl/α,β-unsaturated/α-hetero) is 2. The SMILES string of the molecule is CCCC[C@H](NC(=O)[C@H](CC1=CCC=N1)NC(=O)COCCOCCNC(=O)CCCS(=O)(=O)CC(=O)CCCCCCCCCCCCCCCc1nn[nH]n1)C(=O)N[C@H]1CCC(=O)CCCCC[C@@H](C(N)=O)NC(=O)[C@H](Cc2c[nH]c3ccccc23)NC(=O)[C@H](CCCN=C(N)N)NC(=O)[C@@H](Cc2ccccc2)NC(=O)[C@H](CN)NC1=O. The van der Waals surface area contributed by atoms with Gasteiger partial charge in [0.1, 0.15) is 72.3 Å². The lowest BCUT2D eigenvalue weighted by Crippen LogP contribution is -2.61. The number of aromatic nitrogens is 5. The Morgan fingerprint density at radius 2 is 1.29 bits per heavy atom. The minimum absolute atomic E-state index is 0.00695. The molecule has 2 aromatic carbocycles. The van der Waals surface area contributed by atoms with Crippen LogP contribution in [0.5, 0.6) is 0 Å². The van der Waals surface area contributed by atoms with Crippen LogP contribution in [0.3, 0.4) is 0 Å². The second kappa shape index (κ2) is 55.4. The lowest BCUT2D eigenvalue weighted by Gasteiger charge is -2.28. The van der Waals surface area contributed by atoms with E-state index in [-0.39, 0.29) is 146 Å². The van der Waals surface area contributed by atoms with Gasteiger partial charge in [0.05, 0.1) is 25.6 Å². The van der Waals surface area contributed by atoms with Gasteiger partial charge in [0.15, 0.2) is 21.6 Å². The van der Waals surface area contributed by atoms with Gasteiger partial charge in [-0.2, -0.15) is 5.21 Å². The monoisotopic (exact) mass is 1680 g/mol. The number of tetrazole rings is 1. The summed E-state index contributed by atoms with van der Waals surface area (Å²) in [4.78, 5) is 179. The molecule has 2 aliphatic heterocycles. The van der Waals surface area contributed by atoms with Gasteiger partial charge in [-0.3, -0.25) is 67.5 Å². The van der Waals surface area contributed by atoms with Crippen LogP contribution >= 0.6 is 0 Å². The zero-order valence-corrected chi connectivity index (χ0v) is 69.5. The Morgan fingerprint density at radius 3 is 1.97 bits per heavy atom. The smallest absolute Gasteiger partial charge is 0.246 e. The van der Waals surface area contributed by atoms with Gasteiger partial charge in [-0.15, -0.1) is 10.2 Å². The van der Waals surface area contributed by atoms with Crippen molar-refractivity contribution in [2.75, 3.05) is 57.6 Å². The number of sulfone groups is 1. The molecule has 6 rings (SSSR count). The molecule has 2 aromatic heterocycles. The number of primary amides is 1. The van der Waals surface area contributed by atoms with E-state index in [4.69, 9.17) is 32.4 Å². The lowest BCUT2D eigenvalue weighted by molar-refractivity contribution is -0.136. The van der Waals surface area contributed by atoms with Crippen molar-refractivity contribution in [3.8, 4) is 0 Å². The first-order valence-electron chi connectivity index (χ1n) is 42.1. The fourth-order valence-corrected chi connectivity index (χ4v) is 15.2. The molecule has 0 bridgehead atoms. The van der Waals surface area contributed by atoms with Crippen LogP contribution in [-0.4, -0.2) is 223 Å². The summed E-state index contributed by atoms with van der Waals surface area (Å²) >= 11 is 0. The Morgan fingerprint density at radius 1 is 0.639 bits per heavy atom. The van der Waals surface area contributed by atoms with Crippen LogP contribution in [-0.2, 0) is 96.1 Å². The maximum absolute atomic E-state index is 14.8. The predicted molar refractivity (Wildman–Crippen MR) is 448 cm³/mol. The van der Waals surface area contributed by atoms with Crippen molar-refractivity contribution in [1.29, 1.82) is 0 Å². The normalized spacial score (nSPS) is 18.7. The van der Waals surface area contributed by atoms with Gasteiger partial charge in [0.2, 0.25) is 59.1 Å². The number of guanidine groups is 1. The first kappa shape index (κ1) is 97.4. The number of para-hydroxylation sites is 1. The number of rotatable bonds is 50. The summed E-state index contributed by atoms with van der Waals surface area (Å²) < 4.78 is 36.5. The zero-order chi connectivity index (χ0) is 86.0. The zero-order valence-electron chi connectivity index (χ0n) is 68.7. The number of aromatic amines is 2. The van der Waals surface area contributed by atoms with Crippen molar-refractivity contribution < 1.29 is 75.4 Å². The minimum atomic E-state index is -3.68. The maximum atomic E-state index is 14.8. The molecule has 656 valence electrons. The van der Waals surface area contributed by atoms with Gasteiger partial charge in [-0.1, -0.05) is 163 Å². The number of benzene rings is 2. The first-order chi connectivity index (χ1) is 57.4. The van der Waals surface area contributed by atoms with Crippen LogP contribution in [0.15, 0.2) is 82.6 Å². The standard InChI is InChI=1S/C82H126N20O16S/c1-2-3-34-64(93-80(113)69(51-58-30-25-42-87-58)91-73(106)54-118-47-46-117-45-44-88-72(105)39-27-48-119(115,116)55-60(104)32-19-13-11-9-7-5-4-6-8-10-12-14-22-38-71-99-101-102-100-71)75(108)95-66-41-40-59(103)31-20-16-21-36-63(74(84)107)92-79(112)68(50-57-53-90-62-35-24-23-33-61(57)62)97-76(109)65(37-26-43-89-82(85)86)94-78(111)67(49-56-28-17-15-18-29-56)96-81(114)70(52-83)98-77(66)110/h15,17-18,23-24,28-30,33,35,42,53,63-70,90H,2-14,16,19-22,25-27,31-32,34,36-41,43-52,54-55,83H2,1H3,(H2,84,107)(H,88,105)(H,91,106)(H,92,112)(H,93,113)(H,94,111)(H,95,108)(H,96,114)(H,97,109)(H,98,110)(H4,85,86,89)(H,99,100,101,102)/t63-,64-,65-,66-,67+,68-,69-,70-/m0/s1. The second-order valence-corrected chi connectivity index (χ2v) is 32.5. The average molecular weight is 1680 g/mol. The number of allylic oxidation sites excluding steroid dienone is 1. The van der Waals surface area contributed by atoms with E-state index in [2.05, 4.69) is 83.4 Å². The highest BCUT2D eigenvalue weighted by molar-refractivity contribution is 7.92. The molecule has 1 saturated heterocycles. The molecular formula is C82H126N20O16S. The number of unbranched alkanes of at least 4 members (excludes halogenated alkanes) is 13. The molecule has 1 fully saturated rings. The molecule has 0 radical (unpaired) electrons. The summed E-state index contributed by atoms with van der Waals surface area (Å²) in [7, 11) is -3.68. The number of hydrogen-bond acceptors (Lipinski definition) is 22. The Kier molecular flexibility index (Phi) is 45.3. The van der Waals surface area contributed by atoms with Crippen molar-refractivity contribution in [2.45, 2.75) is 267 Å². The summed E-state index contributed by atoms with van der Waals surface area (Å²) in [6, 6.07) is 4.67. The van der Waals surface area contributed by atoms with Crippen molar-refractivity contribution in [1.82, 2.24) is 73.5 Å². The quantitative estimate of drug-likeness (QED) is 0.0172. The number of ether oxygens (including phenoxy) is 2. The predicted octanol–water partition coefficient (Wildman–Crippen LogP) is 2.71. The Labute approximate surface area is 696 Å². The molecule has 0 unspecified atom stereocenters. The molecular weight excluding hydrogens is 1550 g/mol. The molecule has 36 nitrogen and oxygen atoms in total. The number of aliphatic imine (C=N–C) groups is 2. The number of aryl methyl sites for hydroxylation is 1. The highest BCUT2D eigenvalue weighted by Gasteiger charge is 2.36. The third-order valence-electron chi connectivity index (χ3n) is 20.5. The van der Waals surface area contributed by atoms with Gasteiger partial charge >= 0.3 is 0 Å². The summed E-state index contributed by atoms with van der Waals surface area (Å²) in [6.07, 6.45) is 22.1. The number of carbonyl (C=O) groups is 12. The molecule has 0 spiro atoms. The molecule has 8 atom stereocenters. The van der Waals surface area contributed by atoms with E-state index in [0.717, 1.165) is 55.3 Å². The molecule has 37 heteroatoms. The van der Waals surface area contributed by atoms with Gasteiger partial charge < -0.3 is 85.2 Å². The van der Waals surface area contributed by atoms with Gasteiger partial charge in [-0.05, 0) is 75.0 Å². The van der Waals surface area contributed by atoms with Gasteiger partial charge in [0.25, 0.3) is 0 Å². The highest BCUT2D eigenvalue weighted by Crippen LogP contribution is 2.22. The van der Waals surface area contributed by atoms with Gasteiger partial charge in [0, 0.05) is 106 Å². The molecule has 119 heavy (non-hydrogen) atoms. The maximum Gasteiger partial charge on any atom is 0.246 e. The summed E-state index contributed by atoms with van der Waals surface area (Å²) in [5, 5.41) is 39.1. The van der Waals surface area contributed by atoms with Crippen LogP contribution in [0, 0.1) is 0 Å². The number of hydrogen-bond donors (Lipinski definition) is 15. The Balaban J connectivity index is 1.01. The molecule has 4 aromatic rings. The lowest BCUT2D eigenvalue weighted by atomic mass is 10.00. The minimum Gasteiger partial charge on any atom is -0.377 e. The third-order valence-corrected chi connectivity index (χ3v) is 22.1. The Bertz CT molecular complexity index is 4060. The number of ketones is 2. The van der Waals surface area contributed by atoms with E-state index in [1.54, 1.807) is 48.8 Å². The number of amides is 10. The van der Waals surface area contributed by atoms with E-state index >= 15 is 0 Å². The van der Waals surface area contributed by atoms with Crippen molar-refractivity contribution in [3.05, 3.63) is 89.5 Å². The van der Waals surface area contributed by atoms with Crippen LogP contribution < -0.4 is 70.8 Å². The van der Waals surface area contributed by atoms with Crippen LogP contribution in [0.4, 0.5) is 0 Å². The van der Waals surface area contributed by atoms with Crippen molar-refractivity contribution >= 4 is 104 Å². The average Bonchev–Trinajstić information content (AvgIpc) is 1.69. The number of fused-ring (bicyclic) bond motifs is 1. The van der Waals surface area contributed by atoms with Crippen LogP contribution in [0.25, 0.3) is 10.9 Å². The number of nitrogens with zero attached hydrogens (tertiary/aromatic N) is 5. The highest BCUT2D eigenvalue weighted by atomic mass is 32.2. The molecule has 2 aliphatic rings. The third kappa shape index (κ3) is 39.4. The molecule has 4 heterocycles. The van der Waals surface area contributed by atoms with E-state index in [1.807, 2.05) is 31.2 Å². The van der Waals surface area contributed by atoms with Crippen molar-refractivity contribution in [2.24, 2.45) is 32.9 Å². The number of nitrogens with one attached hydrogen (secondary N) is 11. The van der Waals surface area contributed by atoms with E-state index in [1.165, 1.54) is 44.9 Å². The van der Waals surface area contributed by atoms with E-state index in [9.17, 15) is 66.0 Å². The number of H-pyrrole nitrogens is 2. The first-order valence-corrected chi connectivity index (χ1v) is 43.9. The Hall–Kier alpha value is -10.4. The summed E-state index contributed by atoms with van der Waals surface area (Å²) in [5.41, 5.74) is 25.8. The number of nitrogens with two attached hydrogens (primary N) is 4. The fraction of sp³-hybridized carbons (Fsp3) is 0.622. The van der Waals surface area contributed by atoms with Crippen molar-refractivity contribution in [3.63, 3.8) is 0 Å². The fourth-order valence-electron chi connectivity index (χ4n) is 13.8. The summed E-state index contributed by atoms with van der Waals surface area (Å²) in [6.45, 7) is 0.934. The van der Waals surface area contributed by atoms with E-state index < -0.39 is 130 Å².